The molecule has 2 aliphatic heterocycles. The minimum absolute atomic E-state index is 0. The van der Waals surface area contributed by atoms with Gasteiger partial charge in [0.15, 0.2) is 5.96 Å². The van der Waals surface area contributed by atoms with Gasteiger partial charge >= 0.3 is 0 Å². The highest BCUT2D eigenvalue weighted by Crippen LogP contribution is 2.38. The summed E-state index contributed by atoms with van der Waals surface area (Å²) in [6.45, 7) is 10.6. The molecule has 2 fully saturated rings. The number of likely N-dealkylation sites (tertiary alicyclic amines) is 1. The van der Waals surface area contributed by atoms with E-state index in [1.165, 1.54) is 18.4 Å². The van der Waals surface area contributed by atoms with Gasteiger partial charge in [0, 0.05) is 44.6 Å². The van der Waals surface area contributed by atoms with E-state index in [1.54, 1.807) is 0 Å². The summed E-state index contributed by atoms with van der Waals surface area (Å²) >= 11 is 0. The number of para-hydroxylation sites is 1. The molecule has 1 unspecified atom stereocenters. The van der Waals surface area contributed by atoms with E-state index in [9.17, 15) is 0 Å². The SMILES string of the molecule is CCNC(=NCCCOc1ccccc1C)N1CCC2(CCOC2)C1.I. The second-order valence-corrected chi connectivity index (χ2v) is 7.18. The second-order valence-electron chi connectivity index (χ2n) is 7.18. The highest BCUT2D eigenvalue weighted by atomic mass is 127. The zero-order chi connectivity index (χ0) is 17.5. The van der Waals surface area contributed by atoms with Crippen molar-refractivity contribution < 1.29 is 9.47 Å². The standard InChI is InChI=1S/C20H31N3O2.HI/c1-3-21-19(23-12-9-20(15-23)10-14-24-16-20)22-11-6-13-25-18-8-5-4-7-17(18)2;/h4-5,7-8H,3,6,9-16H2,1-2H3,(H,21,22);1H. The number of hydrogen-bond acceptors (Lipinski definition) is 3. The third-order valence-corrected chi connectivity index (χ3v) is 5.17. The molecular formula is C20H32IN3O2. The van der Waals surface area contributed by atoms with E-state index >= 15 is 0 Å². The Morgan fingerprint density at radius 2 is 2.19 bits per heavy atom. The first-order valence-electron chi connectivity index (χ1n) is 9.52. The van der Waals surface area contributed by atoms with Gasteiger partial charge < -0.3 is 19.7 Å². The Kier molecular flexibility index (Phi) is 8.47. The average molecular weight is 473 g/mol. The number of hydrogen-bond donors (Lipinski definition) is 1. The summed E-state index contributed by atoms with van der Waals surface area (Å²) in [7, 11) is 0. The molecule has 146 valence electrons. The largest absolute Gasteiger partial charge is 0.493 e. The van der Waals surface area contributed by atoms with Gasteiger partial charge in [-0.25, -0.2) is 0 Å². The monoisotopic (exact) mass is 473 g/mol. The Balaban J connectivity index is 0.00000243. The van der Waals surface area contributed by atoms with E-state index in [-0.39, 0.29) is 24.0 Å². The van der Waals surface area contributed by atoms with Crippen LogP contribution >= 0.6 is 24.0 Å². The van der Waals surface area contributed by atoms with Crippen LogP contribution in [-0.2, 0) is 4.74 Å². The number of halogens is 1. The van der Waals surface area contributed by atoms with E-state index in [1.807, 2.05) is 18.2 Å². The van der Waals surface area contributed by atoms with Crippen LogP contribution in [0.15, 0.2) is 29.3 Å². The van der Waals surface area contributed by atoms with Crippen molar-refractivity contribution in [2.75, 3.05) is 46.0 Å². The predicted octanol–water partition coefficient (Wildman–Crippen LogP) is 3.46. The molecule has 2 heterocycles. The Labute approximate surface area is 174 Å². The van der Waals surface area contributed by atoms with E-state index in [2.05, 4.69) is 30.1 Å². The van der Waals surface area contributed by atoms with Gasteiger partial charge in [-0.1, -0.05) is 18.2 Å². The van der Waals surface area contributed by atoms with E-state index < -0.39 is 0 Å². The summed E-state index contributed by atoms with van der Waals surface area (Å²) in [5, 5.41) is 3.44. The first-order valence-corrected chi connectivity index (χ1v) is 9.52. The molecule has 1 N–H and O–H groups in total. The molecule has 3 rings (SSSR count). The van der Waals surface area contributed by atoms with E-state index in [0.29, 0.717) is 12.0 Å². The second kappa shape index (κ2) is 10.3. The topological polar surface area (TPSA) is 46.1 Å². The van der Waals surface area contributed by atoms with Crippen molar-refractivity contribution in [3.63, 3.8) is 0 Å². The molecule has 26 heavy (non-hydrogen) atoms. The van der Waals surface area contributed by atoms with Crippen molar-refractivity contribution in [2.45, 2.75) is 33.1 Å². The van der Waals surface area contributed by atoms with Gasteiger partial charge in [-0.05, 0) is 38.3 Å². The molecule has 6 heteroatoms. The van der Waals surface area contributed by atoms with Crippen LogP contribution in [0.2, 0.25) is 0 Å². The van der Waals surface area contributed by atoms with E-state index in [4.69, 9.17) is 14.5 Å². The van der Waals surface area contributed by atoms with Crippen LogP contribution in [0.4, 0.5) is 0 Å². The highest BCUT2D eigenvalue weighted by molar-refractivity contribution is 14.0. The minimum atomic E-state index is 0. The molecule has 0 radical (unpaired) electrons. The number of aryl methyl sites for hydroxylation is 1. The fourth-order valence-corrected chi connectivity index (χ4v) is 3.66. The number of benzene rings is 1. The number of nitrogens with one attached hydrogen (secondary N) is 1. The summed E-state index contributed by atoms with van der Waals surface area (Å²) in [5.41, 5.74) is 1.55. The van der Waals surface area contributed by atoms with Gasteiger partial charge in [-0.3, -0.25) is 4.99 Å². The summed E-state index contributed by atoms with van der Waals surface area (Å²) in [6, 6.07) is 8.15. The molecule has 1 aromatic rings. The third kappa shape index (κ3) is 5.49. The lowest BCUT2D eigenvalue weighted by Gasteiger charge is -2.25. The summed E-state index contributed by atoms with van der Waals surface area (Å²) in [6.07, 6.45) is 3.33. The lowest BCUT2D eigenvalue weighted by molar-refractivity contribution is 0.156. The number of aliphatic imine (C=N–C) groups is 1. The maximum atomic E-state index is 5.86. The van der Waals surface area contributed by atoms with Gasteiger partial charge in [-0.15, -0.1) is 24.0 Å². The van der Waals surface area contributed by atoms with Gasteiger partial charge in [0.25, 0.3) is 0 Å². The van der Waals surface area contributed by atoms with E-state index in [0.717, 1.165) is 57.5 Å². The van der Waals surface area contributed by atoms with Crippen molar-refractivity contribution in [1.82, 2.24) is 10.2 Å². The first kappa shape index (κ1) is 21.3. The Morgan fingerprint density at radius 3 is 2.92 bits per heavy atom. The normalized spacial score (nSPS) is 22.5. The van der Waals surface area contributed by atoms with Gasteiger partial charge in [0.2, 0.25) is 0 Å². The molecule has 0 aliphatic carbocycles. The Morgan fingerprint density at radius 1 is 1.35 bits per heavy atom. The van der Waals surface area contributed by atoms with Crippen LogP contribution in [0.5, 0.6) is 5.75 Å². The highest BCUT2D eigenvalue weighted by Gasteiger charge is 2.42. The van der Waals surface area contributed by atoms with Crippen molar-refractivity contribution in [3.05, 3.63) is 29.8 Å². The fraction of sp³-hybridized carbons (Fsp3) is 0.650. The molecule has 2 aliphatic rings. The summed E-state index contributed by atoms with van der Waals surface area (Å²) in [4.78, 5) is 7.22. The van der Waals surface area contributed by atoms with Crippen LogP contribution in [0.25, 0.3) is 0 Å². The molecule has 1 aromatic carbocycles. The number of nitrogens with zero attached hydrogens (tertiary/aromatic N) is 2. The van der Waals surface area contributed by atoms with Crippen LogP contribution in [0.1, 0.15) is 31.7 Å². The van der Waals surface area contributed by atoms with Crippen LogP contribution in [-0.4, -0.2) is 56.9 Å². The molecule has 1 atom stereocenters. The summed E-state index contributed by atoms with van der Waals surface area (Å²) < 4.78 is 11.5. The van der Waals surface area contributed by atoms with Crippen molar-refractivity contribution in [3.8, 4) is 5.75 Å². The lowest BCUT2D eigenvalue weighted by atomic mass is 9.87. The minimum Gasteiger partial charge on any atom is -0.493 e. The molecule has 5 nitrogen and oxygen atoms in total. The quantitative estimate of drug-likeness (QED) is 0.298. The molecular weight excluding hydrogens is 441 g/mol. The van der Waals surface area contributed by atoms with Crippen molar-refractivity contribution in [1.29, 1.82) is 0 Å². The van der Waals surface area contributed by atoms with Crippen LogP contribution in [0.3, 0.4) is 0 Å². The maximum absolute atomic E-state index is 5.86. The lowest BCUT2D eigenvalue weighted by Crippen LogP contribution is -2.41. The number of rotatable bonds is 6. The third-order valence-electron chi connectivity index (χ3n) is 5.17. The van der Waals surface area contributed by atoms with Gasteiger partial charge in [0.05, 0.1) is 13.2 Å². The van der Waals surface area contributed by atoms with Gasteiger partial charge in [0.1, 0.15) is 5.75 Å². The summed E-state index contributed by atoms with van der Waals surface area (Å²) in [5.74, 6) is 2.02. The number of ether oxygens (including phenoxy) is 2. The molecule has 1 spiro atoms. The molecule has 0 amide bonds. The molecule has 0 saturated carbocycles. The van der Waals surface area contributed by atoms with Crippen LogP contribution in [0, 0.1) is 12.3 Å². The zero-order valence-corrected chi connectivity index (χ0v) is 18.3. The van der Waals surface area contributed by atoms with Crippen LogP contribution < -0.4 is 10.1 Å². The number of guanidine groups is 1. The van der Waals surface area contributed by atoms with Crippen molar-refractivity contribution in [2.24, 2.45) is 10.4 Å². The predicted molar refractivity (Wildman–Crippen MR) is 117 cm³/mol. The fourth-order valence-electron chi connectivity index (χ4n) is 3.66. The Bertz CT molecular complexity index is 588. The Hall–Kier alpha value is -1.02. The smallest absolute Gasteiger partial charge is 0.193 e. The molecule has 0 aromatic heterocycles. The average Bonchev–Trinajstić information content (AvgIpc) is 3.25. The maximum Gasteiger partial charge on any atom is 0.193 e. The molecule has 2 saturated heterocycles. The zero-order valence-electron chi connectivity index (χ0n) is 16.0. The van der Waals surface area contributed by atoms with Crippen molar-refractivity contribution >= 4 is 29.9 Å². The molecule has 0 bridgehead atoms. The van der Waals surface area contributed by atoms with Gasteiger partial charge in [-0.2, -0.15) is 0 Å². The first-order chi connectivity index (χ1) is 12.2.